The summed E-state index contributed by atoms with van der Waals surface area (Å²) >= 11 is 0. The fourth-order valence-electron chi connectivity index (χ4n) is 2.71. The number of anilines is 1. The molecule has 0 spiro atoms. The van der Waals surface area contributed by atoms with Crippen LogP contribution >= 0.6 is 0 Å². The van der Waals surface area contributed by atoms with E-state index in [1.807, 2.05) is 36.9 Å². The molecule has 1 aromatic carbocycles. The van der Waals surface area contributed by atoms with E-state index in [4.69, 9.17) is 5.73 Å². The van der Waals surface area contributed by atoms with Crippen LogP contribution in [0.1, 0.15) is 56.5 Å². The van der Waals surface area contributed by atoms with Crippen LogP contribution in [-0.4, -0.2) is 41.9 Å². The second kappa shape index (κ2) is 9.46. The van der Waals surface area contributed by atoms with Crippen LogP contribution in [0.4, 0.5) is 5.69 Å². The van der Waals surface area contributed by atoms with Crippen molar-refractivity contribution in [2.75, 3.05) is 31.9 Å². The number of nitrogens with two attached hydrogens (primary N) is 1. The lowest BCUT2D eigenvalue weighted by atomic mass is 10.1. The first kappa shape index (κ1) is 18.5. The summed E-state index contributed by atoms with van der Waals surface area (Å²) in [6, 6.07) is 5.73. The summed E-state index contributed by atoms with van der Waals surface area (Å²) in [5, 5.41) is 0. The molecular weight excluding hydrogens is 274 g/mol. The molecule has 0 unspecified atom stereocenters. The zero-order valence-corrected chi connectivity index (χ0v) is 14.6. The van der Waals surface area contributed by atoms with Crippen molar-refractivity contribution in [1.82, 2.24) is 9.80 Å². The van der Waals surface area contributed by atoms with E-state index in [-0.39, 0.29) is 5.91 Å². The molecule has 0 saturated carbocycles. The van der Waals surface area contributed by atoms with E-state index in [0.29, 0.717) is 5.56 Å². The van der Waals surface area contributed by atoms with Gasteiger partial charge in [-0.3, -0.25) is 9.69 Å². The minimum Gasteiger partial charge on any atom is -0.398 e. The number of benzene rings is 1. The van der Waals surface area contributed by atoms with Crippen molar-refractivity contribution < 1.29 is 4.79 Å². The zero-order chi connectivity index (χ0) is 16.5. The van der Waals surface area contributed by atoms with Gasteiger partial charge in [0.15, 0.2) is 0 Å². The van der Waals surface area contributed by atoms with Crippen molar-refractivity contribution in [3.05, 3.63) is 29.3 Å². The maximum absolute atomic E-state index is 12.4. The lowest BCUT2D eigenvalue weighted by Gasteiger charge is -2.23. The molecule has 22 heavy (non-hydrogen) atoms. The van der Waals surface area contributed by atoms with Crippen molar-refractivity contribution in [2.24, 2.45) is 0 Å². The number of carbonyl (C=O) groups excluding carboxylic acids is 1. The predicted octanol–water partition coefficient (Wildman–Crippen LogP) is 3.37. The Labute approximate surface area is 135 Å². The highest BCUT2D eigenvalue weighted by Gasteiger charge is 2.14. The third-order valence-electron chi connectivity index (χ3n) is 3.92. The average Bonchev–Trinajstić information content (AvgIpc) is 2.50. The van der Waals surface area contributed by atoms with Crippen molar-refractivity contribution in [3.8, 4) is 0 Å². The Morgan fingerprint density at radius 1 is 1.05 bits per heavy atom. The summed E-state index contributed by atoms with van der Waals surface area (Å²) < 4.78 is 0. The van der Waals surface area contributed by atoms with Crippen LogP contribution in [0.25, 0.3) is 0 Å². The molecule has 0 aliphatic heterocycles. The van der Waals surface area contributed by atoms with Crippen LogP contribution in [0.15, 0.2) is 18.2 Å². The van der Waals surface area contributed by atoms with E-state index >= 15 is 0 Å². The normalized spacial score (nSPS) is 11.0. The van der Waals surface area contributed by atoms with Crippen LogP contribution in [0, 0.1) is 0 Å². The predicted molar refractivity (Wildman–Crippen MR) is 94.0 cm³/mol. The van der Waals surface area contributed by atoms with Crippen molar-refractivity contribution in [1.29, 1.82) is 0 Å². The van der Waals surface area contributed by atoms with E-state index in [1.165, 1.54) is 0 Å². The number of nitrogens with zero attached hydrogens (tertiary/aromatic N) is 2. The van der Waals surface area contributed by atoms with Gasteiger partial charge in [0, 0.05) is 30.9 Å². The Bertz CT molecular complexity index is 463. The summed E-state index contributed by atoms with van der Waals surface area (Å²) in [4.78, 5) is 16.6. The lowest BCUT2D eigenvalue weighted by molar-refractivity contribution is 0.0773. The summed E-state index contributed by atoms with van der Waals surface area (Å²) in [7, 11) is 0. The summed E-state index contributed by atoms with van der Waals surface area (Å²) in [6.07, 6.45) is 2.27. The second-order valence-corrected chi connectivity index (χ2v) is 5.67. The Hall–Kier alpha value is -1.55. The minimum absolute atomic E-state index is 0.0576. The molecule has 4 heteroatoms. The molecule has 1 amide bonds. The van der Waals surface area contributed by atoms with Gasteiger partial charge >= 0.3 is 0 Å². The molecule has 0 fully saturated rings. The second-order valence-electron chi connectivity index (χ2n) is 5.67. The molecule has 0 aliphatic rings. The zero-order valence-electron chi connectivity index (χ0n) is 14.6. The number of hydrogen-bond donors (Lipinski definition) is 1. The number of hydrogen-bond acceptors (Lipinski definition) is 3. The summed E-state index contributed by atoms with van der Waals surface area (Å²) in [6.45, 7) is 12.8. The first-order chi connectivity index (χ1) is 10.6. The standard InChI is InChI=1S/C18H31N3O/c1-5-11-20(12-6-2)14-16-10-9-15(13-17(16)19)18(22)21(7-3)8-4/h9-10,13H,5-8,11-12,14,19H2,1-4H3. The third kappa shape index (κ3) is 5.02. The number of nitrogen functional groups attached to an aromatic ring is 1. The van der Waals surface area contributed by atoms with E-state index in [0.717, 1.165) is 56.8 Å². The van der Waals surface area contributed by atoms with Gasteiger partial charge in [-0.05, 0) is 57.5 Å². The van der Waals surface area contributed by atoms with Gasteiger partial charge in [-0.2, -0.15) is 0 Å². The lowest BCUT2D eigenvalue weighted by Crippen LogP contribution is -2.30. The van der Waals surface area contributed by atoms with Gasteiger partial charge in [-0.1, -0.05) is 19.9 Å². The Kier molecular flexibility index (Phi) is 7.96. The number of rotatable bonds is 9. The minimum atomic E-state index is 0.0576. The number of amides is 1. The van der Waals surface area contributed by atoms with E-state index in [9.17, 15) is 4.79 Å². The largest absolute Gasteiger partial charge is 0.398 e. The molecule has 0 aromatic heterocycles. The Balaban J connectivity index is 2.86. The van der Waals surface area contributed by atoms with Crippen LogP contribution in [0.2, 0.25) is 0 Å². The van der Waals surface area contributed by atoms with Gasteiger partial charge in [-0.25, -0.2) is 0 Å². The van der Waals surface area contributed by atoms with E-state index in [1.54, 1.807) is 0 Å². The van der Waals surface area contributed by atoms with Gasteiger partial charge in [-0.15, -0.1) is 0 Å². The highest BCUT2D eigenvalue weighted by Crippen LogP contribution is 2.18. The quantitative estimate of drug-likeness (QED) is 0.712. The number of carbonyl (C=O) groups is 1. The molecule has 0 saturated heterocycles. The highest BCUT2D eigenvalue weighted by atomic mass is 16.2. The monoisotopic (exact) mass is 305 g/mol. The van der Waals surface area contributed by atoms with Gasteiger partial charge < -0.3 is 10.6 Å². The topological polar surface area (TPSA) is 49.6 Å². The molecule has 1 rings (SSSR count). The van der Waals surface area contributed by atoms with Crippen LogP contribution < -0.4 is 5.73 Å². The first-order valence-corrected chi connectivity index (χ1v) is 8.47. The average molecular weight is 305 g/mol. The molecule has 0 aliphatic carbocycles. The molecule has 0 atom stereocenters. The van der Waals surface area contributed by atoms with Crippen molar-refractivity contribution >= 4 is 11.6 Å². The molecule has 2 N–H and O–H groups in total. The molecule has 0 bridgehead atoms. The van der Waals surface area contributed by atoms with Crippen molar-refractivity contribution in [2.45, 2.75) is 47.1 Å². The van der Waals surface area contributed by atoms with Crippen LogP contribution in [-0.2, 0) is 6.54 Å². The van der Waals surface area contributed by atoms with E-state index < -0.39 is 0 Å². The van der Waals surface area contributed by atoms with Gasteiger partial charge in [0.1, 0.15) is 0 Å². The highest BCUT2D eigenvalue weighted by molar-refractivity contribution is 5.95. The molecular formula is C18H31N3O. The molecule has 0 heterocycles. The Morgan fingerprint density at radius 3 is 2.09 bits per heavy atom. The van der Waals surface area contributed by atoms with Gasteiger partial charge in [0.2, 0.25) is 0 Å². The van der Waals surface area contributed by atoms with Gasteiger partial charge in [0.05, 0.1) is 0 Å². The van der Waals surface area contributed by atoms with Crippen LogP contribution in [0.5, 0.6) is 0 Å². The fraction of sp³-hybridized carbons (Fsp3) is 0.611. The molecule has 124 valence electrons. The molecule has 0 radical (unpaired) electrons. The smallest absolute Gasteiger partial charge is 0.253 e. The first-order valence-electron chi connectivity index (χ1n) is 8.47. The van der Waals surface area contributed by atoms with Gasteiger partial charge in [0.25, 0.3) is 5.91 Å². The SMILES string of the molecule is CCCN(CCC)Cc1ccc(C(=O)N(CC)CC)cc1N. The summed E-state index contributed by atoms with van der Waals surface area (Å²) in [5.74, 6) is 0.0576. The Morgan fingerprint density at radius 2 is 1.64 bits per heavy atom. The fourth-order valence-corrected chi connectivity index (χ4v) is 2.71. The van der Waals surface area contributed by atoms with Crippen LogP contribution in [0.3, 0.4) is 0 Å². The maximum Gasteiger partial charge on any atom is 0.253 e. The third-order valence-corrected chi connectivity index (χ3v) is 3.92. The van der Waals surface area contributed by atoms with Crippen molar-refractivity contribution in [3.63, 3.8) is 0 Å². The summed E-state index contributed by atoms with van der Waals surface area (Å²) in [5.41, 5.74) is 8.70. The van der Waals surface area contributed by atoms with E-state index in [2.05, 4.69) is 18.7 Å². The molecule has 4 nitrogen and oxygen atoms in total. The maximum atomic E-state index is 12.4. The molecule has 1 aromatic rings.